The monoisotopic (exact) mass is 268 g/mol. The molecule has 3 rings (SSSR count). The van der Waals surface area contributed by atoms with Crippen molar-refractivity contribution in [1.29, 1.82) is 0 Å². The van der Waals surface area contributed by atoms with Gasteiger partial charge in [0.2, 0.25) is 0 Å². The zero-order chi connectivity index (χ0) is 14.1. The fourth-order valence-electron chi connectivity index (χ4n) is 2.20. The fraction of sp³-hybridized carbons (Fsp3) is 0.0667. The van der Waals surface area contributed by atoms with Crippen molar-refractivity contribution in [2.75, 3.05) is 0 Å². The molecule has 1 aromatic carbocycles. The highest BCUT2D eigenvalue weighted by atomic mass is 16.5. The molecule has 2 heterocycles. The normalized spacial score (nSPS) is 10.7. The first-order chi connectivity index (χ1) is 9.66. The summed E-state index contributed by atoms with van der Waals surface area (Å²) in [5.74, 6) is 0.250. The summed E-state index contributed by atoms with van der Waals surface area (Å²) in [4.78, 5) is 15.2. The third-order valence-electron chi connectivity index (χ3n) is 3.10. The average Bonchev–Trinajstić information content (AvgIpc) is 2.79. The Bertz CT molecular complexity index is 778. The summed E-state index contributed by atoms with van der Waals surface area (Å²) in [6, 6.07) is 10.7. The van der Waals surface area contributed by atoms with Gasteiger partial charge in [-0.3, -0.25) is 4.98 Å². The van der Waals surface area contributed by atoms with Crippen LogP contribution in [0.15, 0.2) is 48.8 Å². The third-order valence-corrected chi connectivity index (χ3v) is 3.10. The molecule has 0 radical (unpaired) electrons. The summed E-state index contributed by atoms with van der Waals surface area (Å²) < 4.78 is 7.40. The highest BCUT2D eigenvalue weighted by Crippen LogP contribution is 2.31. The fourth-order valence-corrected chi connectivity index (χ4v) is 2.20. The molecular weight excluding hydrogens is 256 g/mol. The van der Waals surface area contributed by atoms with E-state index in [-0.39, 0.29) is 5.69 Å². The molecule has 20 heavy (non-hydrogen) atoms. The van der Waals surface area contributed by atoms with Crippen LogP contribution in [0.1, 0.15) is 10.5 Å². The number of hydrogen-bond acceptors (Lipinski definition) is 3. The first kappa shape index (κ1) is 12.2. The second-order valence-electron chi connectivity index (χ2n) is 4.38. The van der Waals surface area contributed by atoms with Gasteiger partial charge in [0.05, 0.1) is 11.7 Å². The second kappa shape index (κ2) is 4.70. The number of carbonyl (C=O) groups is 1. The smallest absolute Gasteiger partial charge is 0.352 e. The summed E-state index contributed by atoms with van der Waals surface area (Å²) in [6.45, 7) is 0. The van der Waals surface area contributed by atoms with Gasteiger partial charge in [-0.25, -0.2) is 4.79 Å². The standard InChI is InChI=1S/C15H12N2O3/c1-17-12(15(18)19)8-10-4-2-6-13(14(10)17)20-11-5-3-7-16-9-11/h2-9H,1H3,(H,18,19). The van der Waals surface area contributed by atoms with Gasteiger partial charge in [0.1, 0.15) is 11.4 Å². The van der Waals surface area contributed by atoms with Gasteiger partial charge in [-0.05, 0) is 24.3 Å². The van der Waals surface area contributed by atoms with Crippen LogP contribution >= 0.6 is 0 Å². The minimum atomic E-state index is -0.962. The van der Waals surface area contributed by atoms with Crippen molar-refractivity contribution in [1.82, 2.24) is 9.55 Å². The molecule has 0 fully saturated rings. The van der Waals surface area contributed by atoms with E-state index in [0.717, 1.165) is 10.9 Å². The molecule has 0 saturated carbocycles. The molecule has 0 spiro atoms. The molecule has 0 unspecified atom stereocenters. The van der Waals surface area contributed by atoms with E-state index in [2.05, 4.69) is 4.98 Å². The van der Waals surface area contributed by atoms with Crippen molar-refractivity contribution in [2.24, 2.45) is 7.05 Å². The predicted molar refractivity (Wildman–Crippen MR) is 74.2 cm³/mol. The molecule has 0 aliphatic rings. The summed E-state index contributed by atoms with van der Waals surface area (Å²) in [7, 11) is 1.71. The van der Waals surface area contributed by atoms with E-state index in [1.165, 1.54) is 0 Å². The van der Waals surface area contributed by atoms with Gasteiger partial charge in [0, 0.05) is 18.6 Å². The van der Waals surface area contributed by atoms with Crippen LogP contribution in [0.25, 0.3) is 10.9 Å². The molecule has 1 N–H and O–H groups in total. The van der Waals surface area contributed by atoms with Crippen molar-refractivity contribution in [3.05, 3.63) is 54.5 Å². The van der Waals surface area contributed by atoms with E-state index < -0.39 is 5.97 Å². The van der Waals surface area contributed by atoms with E-state index >= 15 is 0 Å². The number of hydrogen-bond donors (Lipinski definition) is 1. The van der Waals surface area contributed by atoms with Crippen molar-refractivity contribution >= 4 is 16.9 Å². The van der Waals surface area contributed by atoms with Crippen molar-refractivity contribution in [2.45, 2.75) is 0 Å². The highest BCUT2D eigenvalue weighted by molar-refractivity contribution is 5.96. The van der Waals surface area contributed by atoms with Crippen molar-refractivity contribution in [3.8, 4) is 11.5 Å². The van der Waals surface area contributed by atoms with Crippen LogP contribution in [0, 0.1) is 0 Å². The minimum absolute atomic E-state index is 0.224. The Labute approximate surface area is 115 Å². The number of rotatable bonds is 3. The lowest BCUT2D eigenvalue weighted by Gasteiger charge is -2.08. The number of ether oxygens (including phenoxy) is 1. The maximum atomic E-state index is 11.2. The van der Waals surface area contributed by atoms with Crippen LogP contribution in [0.3, 0.4) is 0 Å². The molecule has 0 amide bonds. The Hall–Kier alpha value is -2.82. The molecule has 0 aliphatic heterocycles. The number of carboxylic acid groups (broad SMARTS) is 1. The number of aromatic carboxylic acids is 1. The predicted octanol–water partition coefficient (Wildman–Crippen LogP) is 3.06. The zero-order valence-electron chi connectivity index (χ0n) is 10.8. The third kappa shape index (κ3) is 1.99. The highest BCUT2D eigenvalue weighted by Gasteiger charge is 2.15. The van der Waals surface area contributed by atoms with E-state index in [4.69, 9.17) is 4.74 Å². The topological polar surface area (TPSA) is 64.4 Å². The Balaban J connectivity index is 2.14. The molecule has 2 aromatic heterocycles. The van der Waals surface area contributed by atoms with Gasteiger partial charge in [-0.15, -0.1) is 0 Å². The lowest BCUT2D eigenvalue weighted by molar-refractivity contribution is 0.0687. The van der Waals surface area contributed by atoms with E-state index in [9.17, 15) is 9.90 Å². The molecule has 0 atom stereocenters. The quantitative estimate of drug-likeness (QED) is 0.792. The molecule has 5 heteroatoms. The molecule has 0 aliphatic carbocycles. The van der Waals surface area contributed by atoms with E-state index in [1.807, 2.05) is 12.1 Å². The molecule has 0 bridgehead atoms. The summed E-state index contributed by atoms with van der Waals surface area (Å²) in [5, 5.41) is 10.0. The van der Waals surface area contributed by atoms with Crippen LogP contribution < -0.4 is 4.74 Å². The minimum Gasteiger partial charge on any atom is -0.477 e. The Morgan fingerprint density at radius 2 is 2.15 bits per heavy atom. The first-order valence-electron chi connectivity index (χ1n) is 6.06. The number of fused-ring (bicyclic) bond motifs is 1. The van der Waals surface area contributed by atoms with Crippen molar-refractivity contribution in [3.63, 3.8) is 0 Å². The van der Waals surface area contributed by atoms with Gasteiger partial charge < -0.3 is 14.4 Å². The maximum Gasteiger partial charge on any atom is 0.352 e. The molecular formula is C15H12N2O3. The van der Waals surface area contributed by atoms with Gasteiger partial charge in [-0.1, -0.05) is 12.1 Å². The number of nitrogens with zero attached hydrogens (tertiary/aromatic N) is 2. The van der Waals surface area contributed by atoms with Gasteiger partial charge in [0.15, 0.2) is 5.75 Å². The van der Waals surface area contributed by atoms with Crippen LogP contribution in [-0.4, -0.2) is 20.6 Å². The van der Waals surface area contributed by atoms with Gasteiger partial charge in [-0.2, -0.15) is 0 Å². The Morgan fingerprint density at radius 1 is 1.30 bits per heavy atom. The summed E-state index contributed by atoms with van der Waals surface area (Å²) in [5.41, 5.74) is 0.969. The number of benzene rings is 1. The largest absolute Gasteiger partial charge is 0.477 e. The molecule has 3 aromatic rings. The van der Waals surface area contributed by atoms with Gasteiger partial charge >= 0.3 is 5.97 Å². The number of aromatic nitrogens is 2. The first-order valence-corrected chi connectivity index (χ1v) is 6.06. The lowest BCUT2D eigenvalue weighted by atomic mass is 10.2. The summed E-state index contributed by atoms with van der Waals surface area (Å²) >= 11 is 0. The number of pyridine rings is 1. The number of para-hydroxylation sites is 1. The summed E-state index contributed by atoms with van der Waals surface area (Å²) in [6.07, 6.45) is 3.28. The van der Waals surface area contributed by atoms with Crippen LogP contribution in [-0.2, 0) is 7.05 Å². The molecule has 5 nitrogen and oxygen atoms in total. The number of aryl methyl sites for hydroxylation is 1. The Kier molecular flexibility index (Phi) is 2.87. The number of carboxylic acids is 1. The van der Waals surface area contributed by atoms with E-state index in [0.29, 0.717) is 11.5 Å². The van der Waals surface area contributed by atoms with Crippen LogP contribution in [0.2, 0.25) is 0 Å². The molecule has 0 saturated heterocycles. The van der Waals surface area contributed by atoms with Gasteiger partial charge in [0.25, 0.3) is 0 Å². The average molecular weight is 268 g/mol. The zero-order valence-corrected chi connectivity index (χ0v) is 10.8. The van der Waals surface area contributed by atoms with Crippen LogP contribution in [0.5, 0.6) is 11.5 Å². The van der Waals surface area contributed by atoms with Crippen LogP contribution in [0.4, 0.5) is 0 Å². The SMILES string of the molecule is Cn1c(C(=O)O)cc2cccc(Oc3cccnc3)c21. The Morgan fingerprint density at radius 3 is 2.85 bits per heavy atom. The van der Waals surface area contributed by atoms with E-state index in [1.54, 1.807) is 48.3 Å². The lowest BCUT2D eigenvalue weighted by Crippen LogP contribution is -2.04. The second-order valence-corrected chi connectivity index (χ2v) is 4.38. The maximum absolute atomic E-state index is 11.2. The van der Waals surface area contributed by atoms with Crippen molar-refractivity contribution < 1.29 is 14.6 Å². The molecule has 100 valence electrons.